The summed E-state index contributed by atoms with van der Waals surface area (Å²) in [6.45, 7) is 3.83. The lowest BCUT2D eigenvalue weighted by molar-refractivity contribution is 0.179. The van der Waals surface area contributed by atoms with E-state index in [1.165, 1.54) is 0 Å². The number of rotatable bonds is 6. The first-order chi connectivity index (χ1) is 7.53. The molecule has 5 heteroatoms. The third-order valence-corrected chi connectivity index (χ3v) is 3.54. The van der Waals surface area contributed by atoms with Gasteiger partial charge in [0.1, 0.15) is 0 Å². The summed E-state index contributed by atoms with van der Waals surface area (Å²) < 4.78 is 16.9. The van der Waals surface area contributed by atoms with E-state index in [1.54, 1.807) is 24.4 Å². The molecule has 90 valence electrons. The van der Waals surface area contributed by atoms with Gasteiger partial charge in [0, 0.05) is 6.20 Å². The second-order valence-corrected chi connectivity index (χ2v) is 5.62. The fourth-order valence-electron chi connectivity index (χ4n) is 1.47. The van der Waals surface area contributed by atoms with Crippen molar-refractivity contribution in [2.45, 2.75) is 39.0 Å². The van der Waals surface area contributed by atoms with Crippen LogP contribution in [0.25, 0.3) is 0 Å². The maximum atomic E-state index is 11.8. The molecule has 0 aliphatic carbocycles. The van der Waals surface area contributed by atoms with Gasteiger partial charge in [0.25, 0.3) is 0 Å². The zero-order chi connectivity index (χ0) is 12.0. The average molecular weight is 243 g/mol. The van der Waals surface area contributed by atoms with Gasteiger partial charge in [0.05, 0.1) is 18.0 Å². The van der Waals surface area contributed by atoms with E-state index in [-0.39, 0.29) is 12.3 Å². The Morgan fingerprint density at radius 2 is 2.31 bits per heavy atom. The van der Waals surface area contributed by atoms with Gasteiger partial charge < -0.3 is 9.42 Å². The predicted molar refractivity (Wildman–Crippen MR) is 63.2 cm³/mol. The van der Waals surface area contributed by atoms with Crippen LogP contribution in [0, 0.1) is 0 Å². The molecule has 0 aromatic carbocycles. The Kier molecular flexibility index (Phi) is 5.13. The number of aromatic nitrogens is 1. The van der Waals surface area contributed by atoms with Crippen LogP contribution in [-0.2, 0) is 15.3 Å². The summed E-state index contributed by atoms with van der Waals surface area (Å²) in [5, 5.41) is 0. The van der Waals surface area contributed by atoms with Crippen LogP contribution < -0.4 is 0 Å². The lowest BCUT2D eigenvalue weighted by atomic mass is 10.2. The predicted octanol–water partition coefficient (Wildman–Crippen LogP) is 2.97. The molecule has 0 saturated carbocycles. The zero-order valence-corrected chi connectivity index (χ0v) is 10.6. The third-order valence-electron chi connectivity index (χ3n) is 2.13. The van der Waals surface area contributed by atoms with Gasteiger partial charge in [-0.3, -0.25) is 9.55 Å². The number of hydrogen-bond acceptors (Lipinski definition) is 3. The summed E-state index contributed by atoms with van der Waals surface area (Å²) in [7, 11) is -3.56. The summed E-state index contributed by atoms with van der Waals surface area (Å²) in [5.74, 6) is 0. The molecular weight excluding hydrogens is 225 g/mol. The van der Waals surface area contributed by atoms with Crippen LogP contribution in [0.3, 0.4) is 0 Å². The molecule has 0 radical (unpaired) electrons. The highest BCUT2D eigenvalue weighted by Crippen LogP contribution is 2.46. The number of pyridine rings is 1. The van der Waals surface area contributed by atoms with Crippen LogP contribution in [0.15, 0.2) is 24.4 Å². The third kappa shape index (κ3) is 4.88. The van der Waals surface area contributed by atoms with Crippen LogP contribution in [0.5, 0.6) is 0 Å². The van der Waals surface area contributed by atoms with E-state index in [2.05, 4.69) is 4.98 Å². The van der Waals surface area contributed by atoms with E-state index in [0.29, 0.717) is 5.69 Å². The molecule has 0 aliphatic rings. The van der Waals surface area contributed by atoms with Crippen molar-refractivity contribution in [3.05, 3.63) is 30.1 Å². The summed E-state index contributed by atoms with van der Waals surface area (Å²) in [4.78, 5) is 13.7. The Bertz CT molecular complexity index is 356. The standard InChI is InChI=1S/C11H18NO3P/c1-3-6-10(2)15-16(13,14)9-11-7-4-5-8-12-11/h4-5,7-8,10H,3,6,9H2,1-2H3,(H,13,14). The Morgan fingerprint density at radius 1 is 1.56 bits per heavy atom. The lowest BCUT2D eigenvalue weighted by Crippen LogP contribution is -2.07. The van der Waals surface area contributed by atoms with Gasteiger partial charge in [-0.15, -0.1) is 0 Å². The Hall–Kier alpha value is -0.700. The fourth-order valence-corrected chi connectivity index (χ4v) is 2.81. The zero-order valence-electron chi connectivity index (χ0n) is 9.67. The molecule has 2 atom stereocenters. The molecule has 1 aromatic heterocycles. The fraction of sp³-hybridized carbons (Fsp3) is 0.545. The van der Waals surface area contributed by atoms with Gasteiger partial charge in [-0.1, -0.05) is 19.4 Å². The van der Waals surface area contributed by atoms with E-state index < -0.39 is 7.60 Å². The second kappa shape index (κ2) is 6.14. The van der Waals surface area contributed by atoms with Crippen molar-refractivity contribution in [3.63, 3.8) is 0 Å². The van der Waals surface area contributed by atoms with Crippen LogP contribution in [-0.4, -0.2) is 16.0 Å². The van der Waals surface area contributed by atoms with Crippen LogP contribution in [0.4, 0.5) is 0 Å². The van der Waals surface area contributed by atoms with E-state index in [1.807, 2.05) is 13.8 Å². The number of nitrogens with zero attached hydrogens (tertiary/aromatic N) is 1. The summed E-state index contributed by atoms with van der Waals surface area (Å²) in [5.41, 5.74) is 0.581. The Balaban J connectivity index is 2.55. The second-order valence-electron chi connectivity index (χ2n) is 3.82. The lowest BCUT2D eigenvalue weighted by Gasteiger charge is -2.17. The van der Waals surface area contributed by atoms with Gasteiger partial charge >= 0.3 is 7.60 Å². The SMILES string of the molecule is CCCC(C)OP(=O)(O)Cc1ccccn1. The monoisotopic (exact) mass is 243 g/mol. The van der Waals surface area contributed by atoms with Crippen molar-refractivity contribution in [3.8, 4) is 0 Å². The summed E-state index contributed by atoms with van der Waals surface area (Å²) in [6.07, 6.45) is 3.11. The topological polar surface area (TPSA) is 59.4 Å². The summed E-state index contributed by atoms with van der Waals surface area (Å²) >= 11 is 0. The smallest absolute Gasteiger partial charge is 0.324 e. The van der Waals surface area contributed by atoms with Crippen molar-refractivity contribution in [2.24, 2.45) is 0 Å². The van der Waals surface area contributed by atoms with Crippen molar-refractivity contribution in [2.75, 3.05) is 0 Å². The van der Waals surface area contributed by atoms with Crippen molar-refractivity contribution in [1.82, 2.24) is 4.98 Å². The molecule has 0 fully saturated rings. The van der Waals surface area contributed by atoms with Crippen molar-refractivity contribution < 1.29 is 14.0 Å². The van der Waals surface area contributed by atoms with E-state index in [0.717, 1.165) is 12.8 Å². The van der Waals surface area contributed by atoms with Crippen molar-refractivity contribution in [1.29, 1.82) is 0 Å². The van der Waals surface area contributed by atoms with Gasteiger partial charge in [-0.05, 0) is 25.5 Å². The molecule has 4 nitrogen and oxygen atoms in total. The highest BCUT2D eigenvalue weighted by atomic mass is 31.2. The Labute approximate surface area is 96.2 Å². The highest BCUT2D eigenvalue weighted by molar-refractivity contribution is 7.51. The molecule has 16 heavy (non-hydrogen) atoms. The molecule has 2 unspecified atom stereocenters. The molecule has 1 aromatic rings. The van der Waals surface area contributed by atoms with E-state index in [9.17, 15) is 9.46 Å². The van der Waals surface area contributed by atoms with Gasteiger partial charge in [-0.25, -0.2) is 0 Å². The van der Waals surface area contributed by atoms with Crippen LogP contribution in [0.2, 0.25) is 0 Å². The molecule has 1 rings (SSSR count). The minimum Gasteiger partial charge on any atom is -0.324 e. The summed E-state index contributed by atoms with van der Waals surface area (Å²) in [6, 6.07) is 5.28. The highest BCUT2D eigenvalue weighted by Gasteiger charge is 2.23. The van der Waals surface area contributed by atoms with Crippen molar-refractivity contribution >= 4 is 7.60 Å². The van der Waals surface area contributed by atoms with E-state index >= 15 is 0 Å². The molecule has 0 bridgehead atoms. The molecule has 1 heterocycles. The van der Waals surface area contributed by atoms with Crippen LogP contribution in [0.1, 0.15) is 32.4 Å². The average Bonchev–Trinajstić information content (AvgIpc) is 2.17. The molecule has 0 saturated heterocycles. The van der Waals surface area contributed by atoms with Crippen LogP contribution >= 0.6 is 7.60 Å². The normalized spacial score (nSPS) is 16.7. The minimum atomic E-state index is -3.56. The number of hydrogen-bond donors (Lipinski definition) is 1. The first-order valence-corrected chi connectivity index (χ1v) is 7.20. The first kappa shape index (κ1) is 13.4. The molecule has 0 amide bonds. The quantitative estimate of drug-likeness (QED) is 0.780. The molecule has 1 N–H and O–H groups in total. The molecule has 0 aliphatic heterocycles. The van der Waals surface area contributed by atoms with Gasteiger partial charge in [0.2, 0.25) is 0 Å². The first-order valence-electron chi connectivity index (χ1n) is 5.43. The molecular formula is C11H18NO3P. The molecule has 0 spiro atoms. The Morgan fingerprint density at radius 3 is 2.88 bits per heavy atom. The van der Waals surface area contributed by atoms with E-state index in [4.69, 9.17) is 4.52 Å². The maximum Gasteiger partial charge on any atom is 0.334 e. The van der Waals surface area contributed by atoms with Gasteiger partial charge in [-0.2, -0.15) is 0 Å². The largest absolute Gasteiger partial charge is 0.334 e. The van der Waals surface area contributed by atoms with Gasteiger partial charge in [0.15, 0.2) is 0 Å². The maximum absolute atomic E-state index is 11.8. The minimum absolute atomic E-state index is 0.0259.